The summed E-state index contributed by atoms with van der Waals surface area (Å²) in [6.45, 7) is 5.14. The molecule has 0 aliphatic heterocycles. The van der Waals surface area contributed by atoms with E-state index >= 15 is 0 Å². The van der Waals surface area contributed by atoms with E-state index in [9.17, 15) is 8.78 Å². The quantitative estimate of drug-likeness (QED) is 0.808. The molecule has 0 aliphatic rings. The highest BCUT2D eigenvalue weighted by Crippen LogP contribution is 2.24. The fraction of sp³-hybridized carbons (Fsp3) is 0.333. The van der Waals surface area contributed by atoms with Gasteiger partial charge in [0.05, 0.1) is 0 Å². The second-order valence-electron chi connectivity index (χ2n) is 3.56. The first-order chi connectivity index (χ1) is 7.07. The lowest BCUT2D eigenvalue weighted by Crippen LogP contribution is -2.14. The van der Waals surface area contributed by atoms with Crippen LogP contribution in [0, 0.1) is 18.6 Å². The average molecular weight is 248 g/mol. The van der Waals surface area contributed by atoms with Crippen molar-refractivity contribution in [2.45, 2.75) is 25.8 Å². The molecule has 16 heavy (non-hydrogen) atoms. The van der Waals surface area contributed by atoms with Crippen LogP contribution in [-0.4, -0.2) is 0 Å². The van der Waals surface area contributed by atoms with Gasteiger partial charge >= 0.3 is 0 Å². The molecule has 4 heteroatoms. The Bertz CT molecular complexity index is 366. The van der Waals surface area contributed by atoms with E-state index in [1.807, 2.05) is 0 Å². The van der Waals surface area contributed by atoms with Gasteiger partial charge in [-0.3, -0.25) is 0 Å². The molecule has 0 bridgehead atoms. The molecule has 0 aromatic heterocycles. The lowest BCUT2D eigenvalue weighted by Gasteiger charge is -2.14. The van der Waals surface area contributed by atoms with Crippen LogP contribution in [0.25, 0.3) is 0 Å². The highest BCUT2D eigenvalue weighted by Gasteiger charge is 2.17. The van der Waals surface area contributed by atoms with Gasteiger partial charge in [-0.2, -0.15) is 0 Å². The summed E-state index contributed by atoms with van der Waals surface area (Å²) >= 11 is 0. The number of benzene rings is 1. The predicted molar refractivity (Wildman–Crippen MR) is 64.7 cm³/mol. The minimum absolute atomic E-state index is 0. The Morgan fingerprint density at radius 1 is 1.44 bits per heavy atom. The second kappa shape index (κ2) is 6.61. The van der Waals surface area contributed by atoms with Crippen molar-refractivity contribution in [2.24, 2.45) is 5.73 Å². The number of aryl methyl sites for hydroxylation is 1. The van der Waals surface area contributed by atoms with Crippen molar-refractivity contribution in [1.82, 2.24) is 0 Å². The van der Waals surface area contributed by atoms with Gasteiger partial charge in [0.15, 0.2) is 0 Å². The summed E-state index contributed by atoms with van der Waals surface area (Å²) in [4.78, 5) is 0. The third kappa shape index (κ3) is 3.29. The topological polar surface area (TPSA) is 26.0 Å². The Labute approximate surface area is 101 Å². The Kier molecular flexibility index (Phi) is 6.22. The zero-order valence-corrected chi connectivity index (χ0v) is 9.99. The molecule has 0 radical (unpaired) electrons. The van der Waals surface area contributed by atoms with Crippen LogP contribution < -0.4 is 5.73 Å². The Balaban J connectivity index is 0.00000225. The van der Waals surface area contributed by atoms with Crippen LogP contribution >= 0.6 is 12.4 Å². The number of allylic oxidation sites excluding steroid dienone is 1. The second-order valence-corrected chi connectivity index (χ2v) is 3.56. The van der Waals surface area contributed by atoms with E-state index in [0.29, 0.717) is 18.4 Å². The molecular weight excluding hydrogens is 232 g/mol. The Hall–Kier alpha value is -0.930. The van der Waals surface area contributed by atoms with Crippen LogP contribution in [0.2, 0.25) is 0 Å². The Morgan fingerprint density at radius 3 is 2.62 bits per heavy atom. The summed E-state index contributed by atoms with van der Waals surface area (Å²) in [6, 6.07) is 2.05. The molecule has 0 fully saturated rings. The molecule has 1 aromatic rings. The monoisotopic (exact) mass is 247 g/mol. The smallest absolute Gasteiger partial charge is 0.133 e. The minimum atomic E-state index is -0.608. The van der Waals surface area contributed by atoms with Crippen molar-refractivity contribution in [2.75, 3.05) is 0 Å². The molecule has 0 saturated carbocycles. The van der Waals surface area contributed by atoms with Gasteiger partial charge in [-0.25, -0.2) is 8.78 Å². The molecule has 1 rings (SSSR count). The van der Waals surface area contributed by atoms with Crippen molar-refractivity contribution in [3.63, 3.8) is 0 Å². The van der Waals surface area contributed by atoms with Crippen LogP contribution in [0.5, 0.6) is 0 Å². The summed E-state index contributed by atoms with van der Waals surface area (Å²) < 4.78 is 27.0. The summed E-state index contributed by atoms with van der Waals surface area (Å²) in [5.74, 6) is -1.11. The highest BCUT2D eigenvalue weighted by atomic mass is 35.5. The van der Waals surface area contributed by atoms with Gasteiger partial charge in [0, 0.05) is 11.6 Å². The van der Waals surface area contributed by atoms with Crippen molar-refractivity contribution < 1.29 is 8.78 Å². The number of nitrogens with two attached hydrogens (primary N) is 1. The van der Waals surface area contributed by atoms with Crippen LogP contribution in [0.1, 0.15) is 30.0 Å². The maximum atomic E-state index is 13.6. The van der Waals surface area contributed by atoms with Gasteiger partial charge in [0.25, 0.3) is 0 Å². The summed E-state index contributed by atoms with van der Waals surface area (Å²) in [5, 5.41) is 0. The predicted octanol–water partition coefficient (Wildman–Crippen LogP) is 3.66. The van der Waals surface area contributed by atoms with Crippen LogP contribution in [-0.2, 0) is 0 Å². The zero-order valence-electron chi connectivity index (χ0n) is 9.17. The van der Waals surface area contributed by atoms with E-state index in [-0.39, 0.29) is 18.0 Å². The first kappa shape index (κ1) is 15.1. The first-order valence-corrected chi connectivity index (χ1v) is 4.89. The molecule has 1 aromatic carbocycles. The van der Waals surface area contributed by atoms with Gasteiger partial charge in [0.2, 0.25) is 0 Å². The van der Waals surface area contributed by atoms with Gasteiger partial charge in [-0.1, -0.05) is 12.1 Å². The van der Waals surface area contributed by atoms with Crippen molar-refractivity contribution >= 4 is 12.4 Å². The number of hydrogen-bond donors (Lipinski definition) is 1. The average Bonchev–Trinajstić information content (AvgIpc) is 2.21. The molecule has 1 nitrogen and oxygen atoms in total. The number of hydrogen-bond acceptors (Lipinski definition) is 1. The molecule has 0 heterocycles. The molecule has 2 N–H and O–H groups in total. The van der Waals surface area contributed by atoms with E-state index in [4.69, 9.17) is 5.73 Å². The lowest BCUT2D eigenvalue weighted by atomic mass is 9.99. The maximum Gasteiger partial charge on any atom is 0.133 e. The normalized spacial score (nSPS) is 11.8. The van der Waals surface area contributed by atoms with E-state index in [0.717, 1.165) is 0 Å². The van der Waals surface area contributed by atoms with Crippen molar-refractivity contribution in [3.8, 4) is 0 Å². The van der Waals surface area contributed by atoms with Gasteiger partial charge in [-0.15, -0.1) is 19.0 Å². The molecular formula is C12H16ClF2N. The Morgan fingerprint density at radius 2 is 2.06 bits per heavy atom. The van der Waals surface area contributed by atoms with Crippen LogP contribution in [0.4, 0.5) is 8.78 Å². The highest BCUT2D eigenvalue weighted by molar-refractivity contribution is 5.85. The van der Waals surface area contributed by atoms with Crippen molar-refractivity contribution in [3.05, 3.63) is 47.5 Å². The molecule has 0 amide bonds. The van der Waals surface area contributed by atoms with Gasteiger partial charge < -0.3 is 5.73 Å². The molecule has 0 aliphatic carbocycles. The molecule has 90 valence electrons. The fourth-order valence-corrected chi connectivity index (χ4v) is 1.46. The SMILES string of the molecule is C=CCC[C@@H](N)c1c(F)ccc(C)c1F.Cl. The number of rotatable bonds is 4. The lowest BCUT2D eigenvalue weighted by molar-refractivity contribution is 0.510. The number of halogens is 3. The molecule has 0 spiro atoms. The van der Waals surface area contributed by atoms with E-state index in [2.05, 4.69) is 6.58 Å². The van der Waals surface area contributed by atoms with Crippen LogP contribution in [0.15, 0.2) is 24.8 Å². The summed E-state index contributed by atoms with van der Waals surface area (Å²) in [5.41, 5.74) is 6.12. The van der Waals surface area contributed by atoms with E-state index in [1.54, 1.807) is 13.0 Å². The van der Waals surface area contributed by atoms with E-state index in [1.165, 1.54) is 12.1 Å². The van der Waals surface area contributed by atoms with Crippen LogP contribution in [0.3, 0.4) is 0 Å². The van der Waals surface area contributed by atoms with Crippen molar-refractivity contribution in [1.29, 1.82) is 0 Å². The fourth-order valence-electron chi connectivity index (χ4n) is 1.46. The largest absolute Gasteiger partial charge is 0.324 e. The zero-order chi connectivity index (χ0) is 11.4. The van der Waals surface area contributed by atoms with E-state index < -0.39 is 17.7 Å². The molecule has 0 saturated heterocycles. The summed E-state index contributed by atoms with van der Waals surface area (Å²) in [6.07, 6.45) is 2.83. The molecule has 0 unspecified atom stereocenters. The first-order valence-electron chi connectivity index (χ1n) is 4.89. The minimum Gasteiger partial charge on any atom is -0.324 e. The summed E-state index contributed by atoms with van der Waals surface area (Å²) in [7, 11) is 0. The third-order valence-corrected chi connectivity index (χ3v) is 2.37. The van der Waals surface area contributed by atoms with Gasteiger partial charge in [0.1, 0.15) is 11.6 Å². The standard InChI is InChI=1S/C12H15F2N.ClH/c1-3-4-5-10(15)11-9(13)7-6-8(2)12(11)14;/h3,6-7,10H,1,4-5,15H2,2H3;1H/t10-;/m1./s1. The maximum absolute atomic E-state index is 13.6. The van der Waals surface area contributed by atoms with Gasteiger partial charge in [-0.05, 0) is 31.4 Å². The molecule has 1 atom stereocenters. The third-order valence-electron chi connectivity index (χ3n) is 2.37.